The highest BCUT2D eigenvalue weighted by atomic mass is 35.5. The van der Waals surface area contributed by atoms with Gasteiger partial charge in [0.05, 0.1) is 23.8 Å². The number of aromatic nitrogens is 3. The van der Waals surface area contributed by atoms with Crippen LogP contribution in [-0.2, 0) is 17.5 Å². The Morgan fingerprint density at radius 3 is 2.71 bits per heavy atom. The van der Waals surface area contributed by atoms with E-state index in [0.29, 0.717) is 26.3 Å². The summed E-state index contributed by atoms with van der Waals surface area (Å²) in [4.78, 5) is 6.01. The Kier molecular flexibility index (Phi) is 4.50. The second-order valence-electron chi connectivity index (χ2n) is 5.16. The third-order valence-corrected chi connectivity index (χ3v) is 3.85. The van der Waals surface area contributed by atoms with Crippen LogP contribution in [0.2, 0.25) is 5.02 Å². The number of hydrogen-bond acceptors (Lipinski definition) is 4. The molecule has 1 saturated heterocycles. The van der Waals surface area contributed by atoms with Gasteiger partial charge in [-0.15, -0.1) is 10.2 Å². The Morgan fingerprint density at radius 1 is 1.33 bits per heavy atom. The molecule has 7 nitrogen and oxygen atoms in total. The van der Waals surface area contributed by atoms with Crippen LogP contribution >= 0.6 is 11.6 Å². The lowest BCUT2D eigenvalue weighted by molar-refractivity contribution is -0.137. The van der Waals surface area contributed by atoms with E-state index in [1.165, 1.54) is 4.40 Å². The number of fused-ring (bicyclic) bond motifs is 1. The van der Waals surface area contributed by atoms with Gasteiger partial charge in [0.1, 0.15) is 6.54 Å². The summed E-state index contributed by atoms with van der Waals surface area (Å²) in [5, 5.41) is 7.52. The molecule has 0 aliphatic carbocycles. The molecule has 1 aliphatic rings. The molecule has 0 saturated carbocycles. The van der Waals surface area contributed by atoms with Crippen molar-refractivity contribution >= 4 is 23.2 Å². The Bertz CT molecular complexity index is 769. The second kappa shape index (κ2) is 6.44. The maximum atomic E-state index is 12.9. The molecule has 0 radical (unpaired) electrons. The molecule has 1 aliphatic heterocycles. The van der Waals surface area contributed by atoms with Crippen LogP contribution in [0.5, 0.6) is 0 Å². The van der Waals surface area contributed by atoms with Crippen molar-refractivity contribution in [2.75, 3.05) is 26.3 Å². The van der Waals surface area contributed by atoms with E-state index < -0.39 is 11.7 Å². The Labute approximate surface area is 139 Å². The number of morpholine rings is 1. The first-order valence-electron chi connectivity index (χ1n) is 7.09. The number of alkyl halides is 3. The van der Waals surface area contributed by atoms with Crippen LogP contribution in [0.4, 0.5) is 13.2 Å². The van der Waals surface area contributed by atoms with E-state index in [1.54, 1.807) is 0 Å². The fourth-order valence-corrected chi connectivity index (χ4v) is 2.55. The Hall–Kier alpha value is -2.07. The van der Waals surface area contributed by atoms with Gasteiger partial charge in [-0.05, 0) is 6.07 Å². The van der Waals surface area contributed by atoms with E-state index in [9.17, 15) is 13.2 Å². The van der Waals surface area contributed by atoms with Crippen LogP contribution in [-0.4, -0.2) is 51.8 Å². The van der Waals surface area contributed by atoms with E-state index in [2.05, 4.69) is 15.2 Å². The number of aliphatic imine (C=N–C) groups is 1. The van der Waals surface area contributed by atoms with Gasteiger partial charge in [0, 0.05) is 19.3 Å². The lowest BCUT2D eigenvalue weighted by atomic mass is 10.3. The normalized spacial score (nSPS) is 16.8. The van der Waals surface area contributed by atoms with Crippen molar-refractivity contribution in [1.29, 1.82) is 0 Å². The predicted octanol–water partition coefficient (Wildman–Crippen LogP) is 1.55. The molecule has 1 fully saturated rings. The molecule has 0 amide bonds. The summed E-state index contributed by atoms with van der Waals surface area (Å²) in [5.41, 5.74) is 5.15. The number of pyridine rings is 1. The van der Waals surface area contributed by atoms with Crippen LogP contribution < -0.4 is 5.73 Å². The lowest BCUT2D eigenvalue weighted by Crippen LogP contribution is -2.44. The smallest absolute Gasteiger partial charge is 0.378 e. The molecule has 0 bridgehead atoms. The first kappa shape index (κ1) is 16.8. The molecule has 0 spiro atoms. The van der Waals surface area contributed by atoms with E-state index in [1.807, 2.05) is 4.90 Å². The van der Waals surface area contributed by atoms with Crippen LogP contribution in [0.1, 0.15) is 11.4 Å². The van der Waals surface area contributed by atoms with Crippen LogP contribution in [0, 0.1) is 0 Å². The van der Waals surface area contributed by atoms with Crippen molar-refractivity contribution in [3.63, 3.8) is 0 Å². The van der Waals surface area contributed by atoms with Gasteiger partial charge in [-0.2, -0.15) is 13.2 Å². The SMILES string of the molecule is NC(=NCc1nnc2c(Cl)cc(C(F)(F)F)cn12)N1CCOCC1. The van der Waals surface area contributed by atoms with Crippen molar-refractivity contribution in [2.45, 2.75) is 12.7 Å². The highest BCUT2D eigenvalue weighted by Crippen LogP contribution is 2.32. The maximum Gasteiger partial charge on any atom is 0.417 e. The van der Waals surface area contributed by atoms with Crippen molar-refractivity contribution in [2.24, 2.45) is 10.7 Å². The van der Waals surface area contributed by atoms with Gasteiger partial charge >= 0.3 is 6.18 Å². The topological polar surface area (TPSA) is 81.0 Å². The average molecular weight is 363 g/mol. The summed E-state index contributed by atoms with van der Waals surface area (Å²) in [6, 6.07) is 0.820. The van der Waals surface area contributed by atoms with Gasteiger partial charge in [-0.1, -0.05) is 11.6 Å². The van der Waals surface area contributed by atoms with Crippen molar-refractivity contribution < 1.29 is 17.9 Å². The second-order valence-corrected chi connectivity index (χ2v) is 5.57. The standard InChI is InChI=1S/C13H14ClF3N6O/c14-9-5-8(13(15,16)17)7-23-10(20-21-11(9)23)6-19-12(18)22-1-3-24-4-2-22/h5,7H,1-4,6H2,(H2,18,19). The van der Waals surface area contributed by atoms with Gasteiger partial charge in [0.2, 0.25) is 0 Å². The Morgan fingerprint density at radius 2 is 2.04 bits per heavy atom. The van der Waals surface area contributed by atoms with Gasteiger partial charge < -0.3 is 15.4 Å². The summed E-state index contributed by atoms with van der Waals surface area (Å²) in [6.07, 6.45) is -3.62. The molecule has 0 atom stereocenters. The van der Waals surface area contributed by atoms with Crippen LogP contribution in [0.25, 0.3) is 5.65 Å². The maximum absolute atomic E-state index is 12.9. The molecule has 11 heteroatoms. The summed E-state index contributed by atoms with van der Waals surface area (Å²) >= 11 is 5.86. The molecule has 130 valence electrons. The van der Waals surface area contributed by atoms with Gasteiger partial charge in [0.15, 0.2) is 17.4 Å². The average Bonchev–Trinajstić information content (AvgIpc) is 2.96. The highest BCUT2D eigenvalue weighted by molar-refractivity contribution is 6.33. The first-order chi connectivity index (χ1) is 11.4. The first-order valence-corrected chi connectivity index (χ1v) is 7.47. The zero-order valence-corrected chi connectivity index (χ0v) is 13.2. The van der Waals surface area contributed by atoms with E-state index in [4.69, 9.17) is 22.1 Å². The minimum atomic E-state index is -4.52. The minimum Gasteiger partial charge on any atom is -0.378 e. The molecule has 3 heterocycles. The molecule has 0 unspecified atom stereocenters. The quantitative estimate of drug-likeness (QED) is 0.647. The number of ether oxygens (including phenoxy) is 1. The molecule has 3 rings (SSSR count). The monoisotopic (exact) mass is 362 g/mol. The van der Waals surface area contributed by atoms with Crippen molar-refractivity contribution in [3.05, 3.63) is 28.7 Å². The molecule has 2 N–H and O–H groups in total. The van der Waals surface area contributed by atoms with Gasteiger partial charge in [0.25, 0.3) is 0 Å². The van der Waals surface area contributed by atoms with Crippen molar-refractivity contribution in [1.82, 2.24) is 19.5 Å². The number of nitrogens with zero attached hydrogens (tertiary/aromatic N) is 5. The van der Waals surface area contributed by atoms with E-state index >= 15 is 0 Å². The van der Waals surface area contributed by atoms with Gasteiger partial charge in [-0.25, -0.2) is 4.99 Å². The van der Waals surface area contributed by atoms with Gasteiger partial charge in [-0.3, -0.25) is 4.40 Å². The summed E-state index contributed by atoms with van der Waals surface area (Å²) in [5.74, 6) is 0.502. The van der Waals surface area contributed by atoms with Crippen LogP contribution in [0.3, 0.4) is 0 Å². The van der Waals surface area contributed by atoms with Crippen molar-refractivity contribution in [3.8, 4) is 0 Å². The lowest BCUT2D eigenvalue weighted by Gasteiger charge is -2.27. The zero-order valence-electron chi connectivity index (χ0n) is 12.4. The predicted molar refractivity (Wildman–Crippen MR) is 80.7 cm³/mol. The zero-order chi connectivity index (χ0) is 17.3. The third-order valence-electron chi connectivity index (χ3n) is 3.58. The summed E-state index contributed by atoms with van der Waals surface area (Å²) < 4.78 is 45.1. The number of rotatable bonds is 2. The number of guanidine groups is 1. The Balaban J connectivity index is 1.88. The molecule has 0 aromatic carbocycles. The molecule has 2 aromatic rings. The third kappa shape index (κ3) is 3.39. The fourth-order valence-electron chi connectivity index (χ4n) is 2.31. The molecular weight excluding hydrogens is 349 g/mol. The minimum absolute atomic E-state index is 0.0119. The number of nitrogens with two attached hydrogens (primary N) is 1. The summed E-state index contributed by atoms with van der Waals surface area (Å²) in [6.45, 7) is 2.31. The largest absolute Gasteiger partial charge is 0.417 e. The molecule has 2 aromatic heterocycles. The molecule has 24 heavy (non-hydrogen) atoms. The number of halogens is 4. The van der Waals surface area contributed by atoms with E-state index in [-0.39, 0.29) is 29.0 Å². The van der Waals surface area contributed by atoms with E-state index in [0.717, 1.165) is 12.3 Å². The number of hydrogen-bond donors (Lipinski definition) is 1. The van der Waals surface area contributed by atoms with Crippen LogP contribution in [0.15, 0.2) is 17.3 Å². The summed E-state index contributed by atoms with van der Waals surface area (Å²) in [7, 11) is 0. The highest BCUT2D eigenvalue weighted by Gasteiger charge is 2.32. The fraction of sp³-hybridized carbons (Fsp3) is 0.462. The molecular formula is C13H14ClF3N6O.